The number of benzene rings is 2. The van der Waals surface area contributed by atoms with Crippen LogP contribution in [0.3, 0.4) is 0 Å². The second-order valence-electron chi connectivity index (χ2n) is 9.29. The van der Waals surface area contributed by atoms with E-state index in [9.17, 15) is 14.4 Å². The summed E-state index contributed by atoms with van der Waals surface area (Å²) in [4.78, 5) is 54.6. The van der Waals surface area contributed by atoms with Gasteiger partial charge in [0.15, 0.2) is 6.04 Å². The van der Waals surface area contributed by atoms with Gasteiger partial charge in [-0.15, -0.1) is 4.99 Å². The van der Waals surface area contributed by atoms with Gasteiger partial charge in [0.25, 0.3) is 5.91 Å². The van der Waals surface area contributed by atoms with Crippen molar-refractivity contribution in [1.82, 2.24) is 21.1 Å². The van der Waals surface area contributed by atoms with Gasteiger partial charge in [-0.1, -0.05) is 53.5 Å². The first-order chi connectivity index (χ1) is 19.8. The highest BCUT2D eigenvalue weighted by Gasteiger charge is 2.30. The number of nitrogens with two attached hydrogens (primary N) is 2. The lowest BCUT2D eigenvalue weighted by atomic mass is 10.0. The summed E-state index contributed by atoms with van der Waals surface area (Å²) in [7, 11) is 1.25. The van der Waals surface area contributed by atoms with Crippen LogP contribution in [0.2, 0.25) is 0 Å². The third-order valence-electron chi connectivity index (χ3n) is 6.36. The summed E-state index contributed by atoms with van der Waals surface area (Å²) in [5, 5.41) is 6.46. The number of quaternary nitrogens is 1. The fourth-order valence-corrected chi connectivity index (χ4v) is 4.27. The number of carbonyl (C=O) groups excluding carboxylic acids is 3. The first-order valence-electron chi connectivity index (χ1n) is 13.0. The number of aliphatic imine (C=N–C) groups is 1. The normalized spacial score (nSPS) is 13.7. The van der Waals surface area contributed by atoms with Gasteiger partial charge in [-0.2, -0.15) is 5.90 Å². The van der Waals surface area contributed by atoms with E-state index in [0.717, 1.165) is 22.0 Å². The molecule has 3 atom stereocenters. The predicted molar refractivity (Wildman–Crippen MR) is 150 cm³/mol. The summed E-state index contributed by atoms with van der Waals surface area (Å²) in [6.07, 6.45) is 2.92. The predicted octanol–water partition coefficient (Wildman–Crippen LogP) is -0.872. The zero-order valence-electron chi connectivity index (χ0n) is 22.8. The molecule has 220 valence electrons. The van der Waals surface area contributed by atoms with E-state index in [1.165, 1.54) is 7.11 Å². The van der Waals surface area contributed by atoms with Crippen molar-refractivity contribution in [1.29, 1.82) is 0 Å². The number of hydrogen-bond acceptors (Lipinski definition) is 8. The maximum absolute atomic E-state index is 13.5. The van der Waals surface area contributed by atoms with Crippen LogP contribution in [0.4, 0.5) is 0 Å². The number of aromatic amines is 1. The molecule has 14 nitrogen and oxygen atoms in total. The Hall–Kier alpha value is -4.50. The minimum Gasteiger partial charge on any atom is -0.467 e. The molecular weight excluding hydrogens is 532 g/mol. The number of guanidine groups is 1. The molecule has 0 bridgehead atoms. The Kier molecular flexibility index (Phi) is 12.1. The van der Waals surface area contributed by atoms with E-state index < -0.39 is 35.9 Å². The number of amides is 2. The molecule has 1 aromatic heterocycles. The van der Waals surface area contributed by atoms with Gasteiger partial charge in [-0.05, 0) is 30.0 Å². The molecule has 0 aliphatic rings. The van der Waals surface area contributed by atoms with Crippen LogP contribution >= 0.6 is 0 Å². The number of nitrogens with zero attached hydrogens (tertiary/aromatic N) is 1. The van der Waals surface area contributed by atoms with Crippen molar-refractivity contribution >= 4 is 34.6 Å². The minimum atomic E-state index is -0.989. The molecule has 2 amide bonds. The lowest BCUT2D eigenvalue weighted by Gasteiger charge is -2.23. The van der Waals surface area contributed by atoms with Gasteiger partial charge >= 0.3 is 5.97 Å². The quantitative estimate of drug-likeness (QED) is 0.0301. The van der Waals surface area contributed by atoms with E-state index >= 15 is 0 Å². The zero-order chi connectivity index (χ0) is 29.6. The molecule has 3 rings (SSSR count). The Morgan fingerprint density at radius 3 is 2.44 bits per heavy atom. The third-order valence-corrected chi connectivity index (χ3v) is 6.36. The van der Waals surface area contributed by atoms with Crippen molar-refractivity contribution in [2.75, 3.05) is 13.7 Å². The average molecular weight is 570 g/mol. The SMILES string of the molecule is COC(=O)[C@H](Cc1c[nH]c2ccccc12)NC(=O)[C@H](CCCN=C(N)NOON)NC(=O)[C@H]([NH3+])Cc1ccccc1. The van der Waals surface area contributed by atoms with E-state index in [0.29, 0.717) is 12.8 Å². The van der Waals surface area contributed by atoms with E-state index in [-0.39, 0.29) is 25.3 Å². The highest BCUT2D eigenvalue weighted by atomic mass is 17.3. The third kappa shape index (κ3) is 9.58. The lowest BCUT2D eigenvalue weighted by Crippen LogP contribution is -2.70. The lowest BCUT2D eigenvalue weighted by molar-refractivity contribution is -0.403. The second-order valence-corrected chi connectivity index (χ2v) is 9.29. The number of H-pyrrole nitrogens is 1. The number of nitrogens with one attached hydrogen (secondary N) is 4. The van der Waals surface area contributed by atoms with Crippen LogP contribution in [0.15, 0.2) is 65.8 Å². The highest BCUT2D eigenvalue weighted by Crippen LogP contribution is 2.19. The van der Waals surface area contributed by atoms with Crippen LogP contribution in [0, 0.1) is 0 Å². The minimum absolute atomic E-state index is 0.0920. The molecule has 0 radical (unpaired) electrons. The van der Waals surface area contributed by atoms with Crippen molar-refractivity contribution in [3.05, 3.63) is 71.9 Å². The number of rotatable bonds is 15. The Balaban J connectivity index is 1.72. The standard InChI is InChI=1S/C27H36N8O6/c1-39-26(38)23(15-18-16-32-21-11-6-5-10-19(18)21)34-25(37)22(12-7-13-31-27(29)35-41-40-30)33-24(36)20(28)14-17-8-3-2-4-9-17/h2-6,8-11,16,20,22-23,32H,7,12-15,28,30H2,1H3,(H,33,36)(H,34,37)(H3,29,31,35)/p+1/t20-,22+,23+/m1/s1. The molecule has 0 spiro atoms. The second kappa shape index (κ2) is 15.9. The average Bonchev–Trinajstić information content (AvgIpc) is 3.39. The van der Waals surface area contributed by atoms with Gasteiger partial charge in [0.1, 0.15) is 12.1 Å². The fourth-order valence-electron chi connectivity index (χ4n) is 4.27. The molecule has 14 heteroatoms. The van der Waals surface area contributed by atoms with Gasteiger partial charge in [0, 0.05) is 36.5 Å². The van der Waals surface area contributed by atoms with Gasteiger partial charge in [-0.25, -0.2) is 10.3 Å². The molecular formula is C27H37N8O6+. The van der Waals surface area contributed by atoms with Crippen LogP contribution in [0.25, 0.3) is 10.9 Å². The van der Waals surface area contributed by atoms with Crippen molar-refractivity contribution in [3.8, 4) is 0 Å². The first-order valence-corrected chi connectivity index (χ1v) is 13.0. The summed E-state index contributed by atoms with van der Waals surface area (Å²) in [5.41, 5.74) is 14.4. The Labute approximate surface area is 236 Å². The maximum Gasteiger partial charge on any atom is 0.328 e. The number of esters is 1. The van der Waals surface area contributed by atoms with Crippen LogP contribution < -0.4 is 33.5 Å². The van der Waals surface area contributed by atoms with Crippen LogP contribution in [0.5, 0.6) is 0 Å². The number of fused-ring (bicyclic) bond motifs is 1. The van der Waals surface area contributed by atoms with E-state index in [2.05, 4.69) is 41.8 Å². The van der Waals surface area contributed by atoms with Crippen molar-refractivity contribution < 1.29 is 34.8 Å². The van der Waals surface area contributed by atoms with Gasteiger partial charge in [0.2, 0.25) is 11.9 Å². The number of para-hydroxylation sites is 1. The monoisotopic (exact) mass is 569 g/mol. The molecule has 0 fully saturated rings. The molecule has 1 heterocycles. The van der Waals surface area contributed by atoms with E-state index in [1.807, 2.05) is 54.6 Å². The Bertz CT molecular complexity index is 1320. The molecule has 0 aliphatic heterocycles. The molecule has 0 aliphatic carbocycles. The van der Waals surface area contributed by atoms with Gasteiger partial charge in [-0.3, -0.25) is 14.6 Å². The smallest absolute Gasteiger partial charge is 0.328 e. The highest BCUT2D eigenvalue weighted by molar-refractivity contribution is 5.92. The van der Waals surface area contributed by atoms with E-state index in [4.69, 9.17) is 16.4 Å². The molecule has 41 heavy (non-hydrogen) atoms. The fraction of sp³-hybridized carbons (Fsp3) is 0.333. The molecule has 3 aromatic rings. The van der Waals surface area contributed by atoms with Crippen molar-refractivity contribution in [2.45, 2.75) is 43.8 Å². The van der Waals surface area contributed by atoms with Crippen molar-refractivity contribution in [3.63, 3.8) is 0 Å². The Morgan fingerprint density at radius 2 is 1.71 bits per heavy atom. The number of methoxy groups -OCH3 is 1. The van der Waals surface area contributed by atoms with Crippen LogP contribution in [-0.4, -0.2) is 60.5 Å². The molecule has 0 saturated carbocycles. The van der Waals surface area contributed by atoms with Crippen LogP contribution in [-0.2, 0) is 41.9 Å². The largest absolute Gasteiger partial charge is 0.467 e. The molecule has 0 saturated heterocycles. The number of hydroxylamine groups is 1. The summed E-state index contributed by atoms with van der Waals surface area (Å²) in [6.45, 7) is 0.194. The van der Waals surface area contributed by atoms with E-state index in [1.54, 1.807) is 6.20 Å². The van der Waals surface area contributed by atoms with Gasteiger partial charge < -0.3 is 31.8 Å². The summed E-state index contributed by atoms with van der Waals surface area (Å²) >= 11 is 0. The molecule has 0 unspecified atom stereocenters. The topological polar surface area (TPSA) is 223 Å². The van der Waals surface area contributed by atoms with Crippen molar-refractivity contribution in [2.24, 2.45) is 16.6 Å². The number of carbonyl (C=O) groups is 3. The number of ether oxygens (including phenoxy) is 1. The van der Waals surface area contributed by atoms with Gasteiger partial charge in [0.05, 0.1) is 7.11 Å². The summed E-state index contributed by atoms with van der Waals surface area (Å²) in [5.74, 6) is 3.09. The molecule has 2 aromatic carbocycles. The summed E-state index contributed by atoms with van der Waals surface area (Å²) in [6, 6.07) is 14.4. The summed E-state index contributed by atoms with van der Waals surface area (Å²) < 4.78 is 4.97. The number of hydrogen-bond donors (Lipinski definition) is 7. The zero-order valence-corrected chi connectivity index (χ0v) is 22.8. The maximum atomic E-state index is 13.5. The molecule has 11 N–H and O–H groups in total. The number of aromatic nitrogens is 1. The van der Waals surface area contributed by atoms with Crippen LogP contribution in [0.1, 0.15) is 24.0 Å². The first kappa shape index (κ1) is 31.0. The Morgan fingerprint density at radius 1 is 1.00 bits per heavy atom.